The van der Waals surface area contributed by atoms with E-state index in [0.29, 0.717) is 24.6 Å². The number of nitrogens with zero attached hydrogens (tertiary/aromatic N) is 5. The van der Waals surface area contributed by atoms with E-state index in [2.05, 4.69) is 25.3 Å². The molecule has 0 radical (unpaired) electrons. The molecule has 1 aliphatic rings. The summed E-state index contributed by atoms with van der Waals surface area (Å²) in [6, 6.07) is 1.24. The number of nitrogens with one attached hydrogen (secondary N) is 2. The summed E-state index contributed by atoms with van der Waals surface area (Å²) in [5.41, 5.74) is 0.0380. The summed E-state index contributed by atoms with van der Waals surface area (Å²) in [5.74, 6) is -0.495. The number of carbonyl (C=O) groups is 2. The molecular weight excluding hydrogens is 410 g/mol. The molecule has 1 aliphatic heterocycles. The molecule has 2 N–H and O–H groups in total. The largest absolute Gasteiger partial charge is 0.337 e. The lowest BCUT2D eigenvalue weighted by atomic mass is 10.1. The Bertz CT molecular complexity index is 1200. The molecule has 4 heterocycles. The Morgan fingerprint density at radius 1 is 1.27 bits per heavy atom. The SMILES string of the molecule is O=C(Nc1nc2c(s1)CN(C(=O)CCn1ccc(=O)[nH]c1=O)CC2)c1cnccn1. The van der Waals surface area contributed by atoms with Gasteiger partial charge in [-0.25, -0.2) is 14.8 Å². The topological polar surface area (TPSA) is 143 Å². The number of anilines is 1. The van der Waals surface area contributed by atoms with Gasteiger partial charge in [-0.3, -0.25) is 29.7 Å². The maximum atomic E-state index is 12.6. The summed E-state index contributed by atoms with van der Waals surface area (Å²) in [6.45, 7) is 1.08. The molecule has 30 heavy (non-hydrogen) atoms. The van der Waals surface area contributed by atoms with Crippen molar-refractivity contribution in [1.29, 1.82) is 0 Å². The molecule has 0 atom stereocenters. The van der Waals surface area contributed by atoms with Gasteiger partial charge in [0, 0.05) is 55.5 Å². The fourth-order valence-corrected chi connectivity index (χ4v) is 4.05. The van der Waals surface area contributed by atoms with Crippen molar-refractivity contribution < 1.29 is 9.59 Å². The van der Waals surface area contributed by atoms with E-state index in [9.17, 15) is 19.2 Å². The van der Waals surface area contributed by atoms with E-state index in [-0.39, 0.29) is 24.6 Å². The number of carbonyl (C=O) groups excluding carboxylic acids is 2. The molecular formula is C18H17N7O4S. The Labute approximate surface area is 173 Å². The van der Waals surface area contributed by atoms with Crippen molar-refractivity contribution in [3.05, 3.63) is 68.0 Å². The Kier molecular flexibility index (Phi) is 5.48. The van der Waals surface area contributed by atoms with Gasteiger partial charge in [0.15, 0.2) is 5.13 Å². The maximum absolute atomic E-state index is 12.6. The van der Waals surface area contributed by atoms with E-state index in [1.54, 1.807) is 4.90 Å². The van der Waals surface area contributed by atoms with E-state index in [1.807, 2.05) is 0 Å². The third-order valence-electron chi connectivity index (χ3n) is 4.56. The number of aryl methyl sites for hydroxylation is 1. The van der Waals surface area contributed by atoms with Gasteiger partial charge in [0.2, 0.25) is 5.91 Å². The monoisotopic (exact) mass is 427 g/mol. The highest BCUT2D eigenvalue weighted by atomic mass is 32.1. The third kappa shape index (κ3) is 4.33. The Morgan fingerprint density at radius 3 is 2.90 bits per heavy atom. The van der Waals surface area contributed by atoms with Crippen molar-refractivity contribution in [3.8, 4) is 0 Å². The van der Waals surface area contributed by atoms with Gasteiger partial charge < -0.3 is 9.47 Å². The smallest absolute Gasteiger partial charge is 0.328 e. The summed E-state index contributed by atoms with van der Waals surface area (Å²) in [5, 5.41) is 3.16. The molecule has 11 nitrogen and oxygen atoms in total. The van der Waals surface area contributed by atoms with Crippen molar-refractivity contribution in [2.45, 2.75) is 25.9 Å². The predicted molar refractivity (Wildman–Crippen MR) is 107 cm³/mol. The van der Waals surface area contributed by atoms with Crippen LogP contribution in [0.3, 0.4) is 0 Å². The molecule has 0 fully saturated rings. The van der Waals surface area contributed by atoms with Gasteiger partial charge in [0.05, 0.1) is 18.4 Å². The van der Waals surface area contributed by atoms with Crippen LogP contribution in [-0.2, 0) is 24.3 Å². The molecule has 0 bridgehead atoms. The van der Waals surface area contributed by atoms with Crippen LogP contribution in [0, 0.1) is 0 Å². The first-order valence-corrected chi connectivity index (χ1v) is 9.95. The van der Waals surface area contributed by atoms with Crippen LogP contribution >= 0.6 is 11.3 Å². The van der Waals surface area contributed by atoms with Crippen LogP contribution < -0.4 is 16.6 Å². The third-order valence-corrected chi connectivity index (χ3v) is 5.56. The number of hydrogen-bond donors (Lipinski definition) is 2. The highest BCUT2D eigenvalue weighted by Crippen LogP contribution is 2.28. The number of thiazole rings is 1. The first kappa shape index (κ1) is 19.6. The van der Waals surface area contributed by atoms with Gasteiger partial charge in [0.25, 0.3) is 11.5 Å². The molecule has 0 aliphatic carbocycles. The van der Waals surface area contributed by atoms with E-state index in [1.165, 1.54) is 46.8 Å². The second-order valence-corrected chi connectivity index (χ2v) is 7.64. The van der Waals surface area contributed by atoms with Crippen molar-refractivity contribution in [2.75, 3.05) is 11.9 Å². The zero-order valence-electron chi connectivity index (χ0n) is 15.7. The maximum Gasteiger partial charge on any atom is 0.328 e. The van der Waals surface area contributed by atoms with Crippen molar-refractivity contribution in [1.82, 2.24) is 29.4 Å². The highest BCUT2D eigenvalue weighted by Gasteiger charge is 2.24. The van der Waals surface area contributed by atoms with Crippen LogP contribution in [0.2, 0.25) is 0 Å². The van der Waals surface area contributed by atoms with Crippen LogP contribution in [0.5, 0.6) is 0 Å². The second-order valence-electron chi connectivity index (χ2n) is 6.55. The molecule has 2 amide bonds. The molecule has 12 heteroatoms. The first-order valence-electron chi connectivity index (χ1n) is 9.13. The Balaban J connectivity index is 1.37. The normalized spacial score (nSPS) is 13.0. The van der Waals surface area contributed by atoms with Gasteiger partial charge >= 0.3 is 5.69 Å². The standard InChI is InChI=1S/C18H17N7O4S/c26-14-2-7-24(18(29)22-14)8-3-15(27)25-6-1-11-13(10-25)30-17(21-11)23-16(28)12-9-19-4-5-20-12/h2,4-5,7,9H,1,3,6,8,10H2,(H,21,23,28)(H,22,26,29). The van der Waals surface area contributed by atoms with Crippen molar-refractivity contribution >= 4 is 28.3 Å². The zero-order chi connectivity index (χ0) is 21.1. The summed E-state index contributed by atoms with van der Waals surface area (Å²) in [4.78, 5) is 64.6. The average molecular weight is 427 g/mol. The molecule has 3 aromatic rings. The van der Waals surface area contributed by atoms with Gasteiger partial charge in [-0.2, -0.15) is 0 Å². The molecule has 4 rings (SSSR count). The summed E-state index contributed by atoms with van der Waals surface area (Å²) >= 11 is 1.32. The summed E-state index contributed by atoms with van der Waals surface area (Å²) in [7, 11) is 0. The molecule has 0 saturated carbocycles. The lowest BCUT2D eigenvalue weighted by Crippen LogP contribution is -2.37. The molecule has 0 saturated heterocycles. The highest BCUT2D eigenvalue weighted by molar-refractivity contribution is 7.15. The van der Waals surface area contributed by atoms with Gasteiger partial charge in [-0.1, -0.05) is 11.3 Å². The minimum absolute atomic E-state index is 0.0997. The molecule has 154 valence electrons. The minimum Gasteiger partial charge on any atom is -0.337 e. The number of rotatable bonds is 5. The van der Waals surface area contributed by atoms with Crippen LogP contribution in [0.4, 0.5) is 5.13 Å². The molecule has 0 aromatic carbocycles. The van der Waals surface area contributed by atoms with Gasteiger partial charge in [0.1, 0.15) is 5.69 Å². The second kappa shape index (κ2) is 8.37. The average Bonchev–Trinajstić information content (AvgIpc) is 3.15. The van der Waals surface area contributed by atoms with Crippen LogP contribution in [0.1, 0.15) is 27.5 Å². The number of fused-ring (bicyclic) bond motifs is 1. The van der Waals surface area contributed by atoms with Crippen LogP contribution in [0.25, 0.3) is 0 Å². The molecule has 0 unspecified atom stereocenters. The lowest BCUT2D eigenvalue weighted by molar-refractivity contribution is -0.132. The summed E-state index contributed by atoms with van der Waals surface area (Å²) in [6.07, 6.45) is 6.38. The molecule has 0 spiro atoms. The van der Waals surface area contributed by atoms with E-state index in [4.69, 9.17) is 0 Å². The Morgan fingerprint density at radius 2 is 2.13 bits per heavy atom. The number of H-pyrrole nitrogens is 1. The summed E-state index contributed by atoms with van der Waals surface area (Å²) < 4.78 is 1.29. The van der Waals surface area contributed by atoms with Crippen LogP contribution in [0.15, 0.2) is 40.4 Å². The predicted octanol–water partition coefficient (Wildman–Crippen LogP) is 0.0104. The van der Waals surface area contributed by atoms with Crippen LogP contribution in [-0.4, -0.2) is 47.8 Å². The fraction of sp³-hybridized carbons (Fsp3) is 0.278. The zero-order valence-corrected chi connectivity index (χ0v) is 16.5. The van der Waals surface area contributed by atoms with E-state index >= 15 is 0 Å². The minimum atomic E-state index is -0.540. The van der Waals surface area contributed by atoms with Crippen molar-refractivity contribution in [2.24, 2.45) is 0 Å². The number of aromatic nitrogens is 5. The fourth-order valence-electron chi connectivity index (χ4n) is 3.03. The number of hydrogen-bond acceptors (Lipinski definition) is 8. The Hall–Kier alpha value is -3.67. The van der Waals surface area contributed by atoms with Gasteiger partial charge in [-0.05, 0) is 0 Å². The van der Waals surface area contributed by atoms with E-state index in [0.717, 1.165) is 10.6 Å². The van der Waals surface area contributed by atoms with E-state index < -0.39 is 17.2 Å². The number of aromatic amines is 1. The first-order chi connectivity index (χ1) is 14.5. The lowest BCUT2D eigenvalue weighted by Gasteiger charge is -2.26. The quantitative estimate of drug-likeness (QED) is 0.584. The number of amides is 2. The molecule has 3 aromatic heterocycles. The van der Waals surface area contributed by atoms with Gasteiger partial charge in [-0.15, -0.1) is 0 Å². The van der Waals surface area contributed by atoms with Crippen molar-refractivity contribution in [3.63, 3.8) is 0 Å².